The number of phenolic OH excluding ortho intramolecular Hbond substituents is 1. The summed E-state index contributed by atoms with van der Waals surface area (Å²) in [5.41, 5.74) is 6.72. The van der Waals surface area contributed by atoms with E-state index in [2.05, 4.69) is 67.5 Å². The van der Waals surface area contributed by atoms with Crippen molar-refractivity contribution in [1.82, 2.24) is 0 Å². The molecule has 2 aromatic carbocycles. The molecule has 2 heteroatoms. The molecule has 0 heterocycles. The molecule has 0 unspecified atom stereocenters. The van der Waals surface area contributed by atoms with Crippen molar-refractivity contribution in [2.24, 2.45) is 4.99 Å². The maximum absolute atomic E-state index is 10.2. The molecule has 0 bridgehead atoms. The highest BCUT2D eigenvalue weighted by atomic mass is 16.3. The average molecular weight is 338 g/mol. The van der Waals surface area contributed by atoms with E-state index in [-0.39, 0.29) is 16.6 Å². The Morgan fingerprint density at radius 3 is 1.80 bits per heavy atom. The Bertz CT molecular complexity index is 779. The summed E-state index contributed by atoms with van der Waals surface area (Å²) >= 11 is 0. The van der Waals surface area contributed by atoms with Gasteiger partial charge < -0.3 is 5.11 Å². The van der Waals surface area contributed by atoms with E-state index in [4.69, 9.17) is 4.99 Å². The maximum atomic E-state index is 10.2. The van der Waals surface area contributed by atoms with Gasteiger partial charge in [-0.3, -0.25) is 4.99 Å². The lowest BCUT2D eigenvalue weighted by molar-refractivity contribution is 0.473. The van der Waals surface area contributed by atoms with Gasteiger partial charge in [0.2, 0.25) is 0 Å². The summed E-state index contributed by atoms with van der Waals surface area (Å²) < 4.78 is 0. The zero-order valence-electron chi connectivity index (χ0n) is 16.9. The molecular formula is C23H31NO. The molecule has 25 heavy (non-hydrogen) atoms. The SMILES string of the molecule is Cc1cc(C(C)(C)C)cc(C)c1/N=C/c1cc(C(C)(C)C)ccc1O. The lowest BCUT2D eigenvalue weighted by Gasteiger charge is -2.21. The predicted molar refractivity (Wildman–Crippen MR) is 109 cm³/mol. The van der Waals surface area contributed by atoms with Crippen molar-refractivity contribution >= 4 is 11.9 Å². The number of aryl methyl sites for hydroxylation is 2. The summed E-state index contributed by atoms with van der Waals surface area (Å²) in [4.78, 5) is 4.70. The number of nitrogens with zero attached hydrogens (tertiary/aromatic N) is 1. The molecule has 0 aromatic heterocycles. The Balaban J connectivity index is 2.44. The second-order valence-electron chi connectivity index (χ2n) is 8.99. The van der Waals surface area contributed by atoms with E-state index in [0.717, 1.165) is 22.4 Å². The molecule has 2 nitrogen and oxygen atoms in total. The van der Waals surface area contributed by atoms with Crippen LogP contribution < -0.4 is 0 Å². The van der Waals surface area contributed by atoms with E-state index in [1.165, 1.54) is 11.1 Å². The van der Waals surface area contributed by atoms with E-state index in [9.17, 15) is 5.11 Å². The second-order valence-corrected chi connectivity index (χ2v) is 8.99. The molecule has 0 aliphatic rings. The monoisotopic (exact) mass is 337 g/mol. The molecule has 0 spiro atoms. The lowest BCUT2D eigenvalue weighted by Crippen LogP contribution is -2.11. The standard InChI is InChI=1S/C23H31NO/c1-15-11-19(23(6,7)8)12-16(2)21(15)24-14-17-13-18(22(3,4)5)9-10-20(17)25/h9-14,25H,1-8H3/b24-14+. The highest BCUT2D eigenvalue weighted by Gasteiger charge is 2.17. The van der Waals surface area contributed by atoms with Gasteiger partial charge in [0.25, 0.3) is 0 Å². The highest BCUT2D eigenvalue weighted by Crippen LogP contribution is 2.32. The maximum Gasteiger partial charge on any atom is 0.124 e. The molecule has 0 fully saturated rings. The topological polar surface area (TPSA) is 32.6 Å². The summed E-state index contributed by atoms with van der Waals surface area (Å²) in [7, 11) is 0. The number of rotatable bonds is 2. The fourth-order valence-electron chi connectivity index (χ4n) is 2.85. The Hall–Kier alpha value is -2.09. The Morgan fingerprint density at radius 2 is 1.32 bits per heavy atom. The summed E-state index contributed by atoms with van der Waals surface area (Å²) in [6.45, 7) is 17.4. The van der Waals surface area contributed by atoms with Crippen LogP contribution in [0.25, 0.3) is 0 Å². The van der Waals surface area contributed by atoms with Gasteiger partial charge in [0.15, 0.2) is 0 Å². The molecule has 2 rings (SSSR count). The van der Waals surface area contributed by atoms with Gasteiger partial charge in [0.05, 0.1) is 5.69 Å². The third kappa shape index (κ3) is 4.50. The number of phenols is 1. The van der Waals surface area contributed by atoms with Gasteiger partial charge in [0.1, 0.15) is 5.75 Å². The number of aromatic hydroxyl groups is 1. The zero-order chi connectivity index (χ0) is 19.0. The minimum atomic E-state index is 0.0382. The van der Waals surface area contributed by atoms with Crippen molar-refractivity contribution in [3.63, 3.8) is 0 Å². The van der Waals surface area contributed by atoms with Crippen LogP contribution in [0.15, 0.2) is 35.3 Å². The third-order valence-corrected chi connectivity index (χ3v) is 4.58. The van der Waals surface area contributed by atoms with Crippen molar-refractivity contribution in [2.75, 3.05) is 0 Å². The predicted octanol–water partition coefficient (Wildman–Crippen LogP) is 6.35. The summed E-state index contributed by atoms with van der Waals surface area (Å²) in [6.07, 6.45) is 1.77. The molecule has 2 aromatic rings. The van der Waals surface area contributed by atoms with Crippen LogP contribution in [-0.4, -0.2) is 11.3 Å². The smallest absolute Gasteiger partial charge is 0.124 e. The van der Waals surface area contributed by atoms with Crippen LogP contribution in [0.4, 0.5) is 5.69 Å². The van der Waals surface area contributed by atoms with Crippen LogP contribution in [0.2, 0.25) is 0 Å². The molecular weight excluding hydrogens is 306 g/mol. The first kappa shape index (κ1) is 19.2. The minimum absolute atomic E-state index is 0.0382. The summed E-state index contributed by atoms with van der Waals surface area (Å²) in [5.74, 6) is 0.262. The van der Waals surface area contributed by atoms with Crippen LogP contribution in [-0.2, 0) is 10.8 Å². The van der Waals surface area contributed by atoms with Gasteiger partial charge in [-0.2, -0.15) is 0 Å². The van der Waals surface area contributed by atoms with Crippen molar-refractivity contribution < 1.29 is 5.11 Å². The molecule has 0 atom stereocenters. The minimum Gasteiger partial charge on any atom is -0.507 e. The first-order chi connectivity index (χ1) is 11.4. The molecule has 1 N–H and O–H groups in total. The summed E-state index contributed by atoms with van der Waals surface area (Å²) in [6, 6.07) is 10.2. The molecule has 134 valence electrons. The first-order valence-corrected chi connectivity index (χ1v) is 8.89. The molecule has 0 aliphatic heterocycles. The van der Waals surface area contributed by atoms with E-state index < -0.39 is 0 Å². The third-order valence-electron chi connectivity index (χ3n) is 4.58. The van der Waals surface area contributed by atoms with Gasteiger partial charge in [-0.1, -0.05) is 59.7 Å². The molecule has 0 saturated carbocycles. The Morgan fingerprint density at radius 1 is 0.800 bits per heavy atom. The van der Waals surface area contributed by atoms with Crippen molar-refractivity contribution in [1.29, 1.82) is 0 Å². The van der Waals surface area contributed by atoms with Crippen LogP contribution in [0, 0.1) is 13.8 Å². The number of hydrogen-bond acceptors (Lipinski definition) is 2. The van der Waals surface area contributed by atoms with Crippen LogP contribution in [0.1, 0.15) is 69.4 Å². The summed E-state index contributed by atoms with van der Waals surface area (Å²) in [5, 5.41) is 10.2. The van der Waals surface area contributed by atoms with Crippen LogP contribution in [0.5, 0.6) is 5.75 Å². The van der Waals surface area contributed by atoms with Crippen molar-refractivity contribution in [3.8, 4) is 5.75 Å². The van der Waals surface area contributed by atoms with Gasteiger partial charge in [-0.15, -0.1) is 0 Å². The molecule has 0 radical (unpaired) electrons. The number of hydrogen-bond donors (Lipinski definition) is 1. The largest absolute Gasteiger partial charge is 0.507 e. The fraction of sp³-hybridized carbons (Fsp3) is 0.435. The zero-order valence-corrected chi connectivity index (χ0v) is 16.9. The second kappa shape index (κ2) is 6.67. The van der Waals surface area contributed by atoms with Gasteiger partial charge in [0, 0.05) is 11.8 Å². The molecule has 0 aliphatic carbocycles. The van der Waals surface area contributed by atoms with E-state index >= 15 is 0 Å². The Labute approximate surface area is 152 Å². The number of aliphatic imine (C=N–C) groups is 1. The van der Waals surface area contributed by atoms with Crippen LogP contribution >= 0.6 is 0 Å². The van der Waals surface area contributed by atoms with E-state index in [1.807, 2.05) is 12.1 Å². The van der Waals surface area contributed by atoms with Crippen molar-refractivity contribution in [2.45, 2.75) is 66.2 Å². The van der Waals surface area contributed by atoms with Gasteiger partial charge in [-0.05, 0) is 59.1 Å². The van der Waals surface area contributed by atoms with Crippen LogP contribution in [0.3, 0.4) is 0 Å². The quantitative estimate of drug-likeness (QED) is 0.636. The average Bonchev–Trinajstić information content (AvgIpc) is 2.45. The van der Waals surface area contributed by atoms with Crippen molar-refractivity contribution in [3.05, 3.63) is 58.1 Å². The van der Waals surface area contributed by atoms with E-state index in [1.54, 1.807) is 12.3 Å². The molecule has 0 saturated heterocycles. The Kier molecular flexibility index (Phi) is 5.13. The van der Waals surface area contributed by atoms with E-state index in [0.29, 0.717) is 0 Å². The highest BCUT2D eigenvalue weighted by molar-refractivity contribution is 5.86. The van der Waals surface area contributed by atoms with Gasteiger partial charge >= 0.3 is 0 Å². The van der Waals surface area contributed by atoms with Gasteiger partial charge in [-0.25, -0.2) is 0 Å². The normalized spacial score (nSPS) is 12.8. The number of benzene rings is 2. The molecule has 0 amide bonds. The first-order valence-electron chi connectivity index (χ1n) is 8.89. The fourth-order valence-corrected chi connectivity index (χ4v) is 2.85. The lowest BCUT2D eigenvalue weighted by atomic mass is 9.85.